The lowest BCUT2D eigenvalue weighted by atomic mass is 9.97. The summed E-state index contributed by atoms with van der Waals surface area (Å²) >= 11 is 0. The van der Waals surface area contributed by atoms with Crippen molar-refractivity contribution in [2.75, 3.05) is 0 Å². The van der Waals surface area contributed by atoms with E-state index < -0.39 is 17.8 Å². The van der Waals surface area contributed by atoms with Crippen molar-refractivity contribution in [1.82, 2.24) is 15.1 Å². The predicted octanol–water partition coefficient (Wildman–Crippen LogP) is 6.18. The highest BCUT2D eigenvalue weighted by atomic mass is 19.4. The summed E-state index contributed by atoms with van der Waals surface area (Å²) in [6.07, 6.45) is 0.471. The number of amidine groups is 1. The average Bonchev–Trinajstić information content (AvgIpc) is 3.84. The highest BCUT2D eigenvalue weighted by molar-refractivity contribution is 5.96. The third-order valence-corrected chi connectivity index (χ3v) is 7.28. The van der Waals surface area contributed by atoms with Crippen LogP contribution < -0.4 is 11.1 Å². The molecule has 2 aromatic carbocycles. The number of nitrogens with one attached hydrogen (secondary N) is 1. The van der Waals surface area contributed by atoms with E-state index >= 15 is 0 Å². The molecule has 0 radical (unpaired) electrons. The molecule has 5 rings (SSSR count). The molecule has 2 aliphatic rings. The number of amides is 1. The zero-order valence-corrected chi connectivity index (χ0v) is 21.9. The SMILES string of the molecule is CCn1cc(-c2cc(CN=C(N)C3CC3)cc(C(=O)N[C@H](c3ccc(F)c(C)c3)C3CC3)c2)c(C(F)(F)F)n1. The summed E-state index contributed by atoms with van der Waals surface area (Å²) in [5, 5.41) is 6.79. The first kappa shape index (κ1) is 26.9. The van der Waals surface area contributed by atoms with Gasteiger partial charge < -0.3 is 11.1 Å². The molecule has 0 saturated heterocycles. The molecule has 1 aromatic heterocycles. The fraction of sp³-hybridized carbons (Fsp3) is 0.414. The number of rotatable bonds is 9. The van der Waals surface area contributed by atoms with Gasteiger partial charge in [0.25, 0.3) is 5.91 Å². The largest absolute Gasteiger partial charge is 0.435 e. The fourth-order valence-corrected chi connectivity index (χ4v) is 4.75. The zero-order valence-electron chi connectivity index (χ0n) is 21.9. The third-order valence-electron chi connectivity index (χ3n) is 7.28. The van der Waals surface area contributed by atoms with Crippen LogP contribution in [0.3, 0.4) is 0 Å². The van der Waals surface area contributed by atoms with Crippen LogP contribution in [-0.2, 0) is 19.3 Å². The van der Waals surface area contributed by atoms with Crippen LogP contribution in [0.1, 0.15) is 71.4 Å². The molecule has 1 atom stereocenters. The molecule has 0 aliphatic heterocycles. The standard InChI is InChI=1S/C29H31F4N5O/c1-3-38-15-23(26(37-38)29(31,32)33)21-11-17(14-35-27(34)19-6-7-19)12-22(13-21)28(39)36-25(18-4-5-18)20-8-9-24(30)16(2)10-20/h8-13,15,18-19,25H,3-7,14H2,1-2H3,(H2,34,35)(H,36,39)/t25-/m0/s1. The Labute approximate surface area is 224 Å². The molecule has 1 heterocycles. The summed E-state index contributed by atoms with van der Waals surface area (Å²) < 4.78 is 56.8. The van der Waals surface area contributed by atoms with Gasteiger partial charge in [0.1, 0.15) is 5.82 Å². The van der Waals surface area contributed by atoms with Gasteiger partial charge in [0.05, 0.1) is 18.4 Å². The average molecular weight is 542 g/mol. The van der Waals surface area contributed by atoms with Gasteiger partial charge >= 0.3 is 6.18 Å². The first-order valence-electron chi connectivity index (χ1n) is 13.2. The molecule has 0 spiro atoms. The molecule has 10 heteroatoms. The number of aryl methyl sites for hydroxylation is 2. The van der Waals surface area contributed by atoms with Crippen LogP contribution in [0.4, 0.5) is 17.6 Å². The van der Waals surface area contributed by atoms with Crippen LogP contribution in [-0.4, -0.2) is 21.5 Å². The van der Waals surface area contributed by atoms with Gasteiger partial charge in [-0.2, -0.15) is 18.3 Å². The van der Waals surface area contributed by atoms with Gasteiger partial charge in [-0.25, -0.2) is 4.39 Å². The number of carbonyl (C=O) groups excluding carboxylic acids is 1. The Kier molecular flexibility index (Phi) is 7.22. The second-order valence-corrected chi connectivity index (χ2v) is 10.5. The number of hydrogen-bond donors (Lipinski definition) is 2. The summed E-state index contributed by atoms with van der Waals surface area (Å²) in [5.41, 5.74) is 7.23. The maximum atomic E-state index is 13.9. The second kappa shape index (κ2) is 10.5. The Morgan fingerprint density at radius 2 is 1.92 bits per heavy atom. The normalized spacial score (nSPS) is 16.8. The van der Waals surface area contributed by atoms with E-state index in [0.717, 1.165) is 31.2 Å². The molecule has 2 fully saturated rings. The van der Waals surface area contributed by atoms with E-state index in [4.69, 9.17) is 5.73 Å². The quantitative estimate of drug-likeness (QED) is 0.193. The number of nitrogens with two attached hydrogens (primary N) is 1. The number of aliphatic imine (C=N–C) groups is 1. The Bertz CT molecular complexity index is 1420. The van der Waals surface area contributed by atoms with Crippen LogP contribution >= 0.6 is 0 Å². The molecular weight excluding hydrogens is 510 g/mol. The van der Waals surface area contributed by atoms with E-state index in [1.165, 1.54) is 23.0 Å². The van der Waals surface area contributed by atoms with Crippen molar-refractivity contribution in [3.8, 4) is 11.1 Å². The van der Waals surface area contributed by atoms with Gasteiger partial charge in [-0.1, -0.05) is 12.1 Å². The lowest BCUT2D eigenvalue weighted by Gasteiger charge is -2.20. The molecule has 1 amide bonds. The monoisotopic (exact) mass is 541 g/mol. The van der Waals surface area contributed by atoms with Crippen molar-refractivity contribution in [3.63, 3.8) is 0 Å². The summed E-state index contributed by atoms with van der Waals surface area (Å²) in [7, 11) is 0. The number of hydrogen-bond acceptors (Lipinski definition) is 3. The number of carbonyl (C=O) groups is 1. The van der Waals surface area contributed by atoms with Gasteiger partial charge in [-0.05, 0) is 92.0 Å². The maximum Gasteiger partial charge on any atom is 0.435 e. The summed E-state index contributed by atoms with van der Waals surface area (Å²) in [6, 6.07) is 9.15. The zero-order chi connectivity index (χ0) is 27.9. The van der Waals surface area contributed by atoms with Gasteiger partial charge in [0, 0.05) is 29.8 Å². The molecular formula is C29H31F4N5O. The first-order chi connectivity index (χ1) is 18.5. The highest BCUT2D eigenvalue weighted by Gasteiger charge is 2.38. The van der Waals surface area contributed by atoms with Crippen molar-refractivity contribution >= 4 is 11.7 Å². The van der Waals surface area contributed by atoms with Gasteiger partial charge in [-0.3, -0.25) is 14.5 Å². The van der Waals surface area contributed by atoms with Crippen LogP contribution in [0.2, 0.25) is 0 Å². The second-order valence-electron chi connectivity index (χ2n) is 10.5. The van der Waals surface area contributed by atoms with Crippen LogP contribution in [0, 0.1) is 24.6 Å². The van der Waals surface area contributed by atoms with Crippen LogP contribution in [0.5, 0.6) is 0 Å². The molecule has 6 nitrogen and oxygen atoms in total. The number of nitrogens with zero attached hydrogens (tertiary/aromatic N) is 3. The molecule has 0 bridgehead atoms. The van der Waals surface area contributed by atoms with Crippen LogP contribution in [0.15, 0.2) is 47.6 Å². The minimum absolute atomic E-state index is 0.104. The van der Waals surface area contributed by atoms with E-state index in [-0.39, 0.29) is 53.5 Å². The summed E-state index contributed by atoms with van der Waals surface area (Å²) in [5.74, 6) is 0.225. The number of aromatic nitrogens is 2. The van der Waals surface area contributed by atoms with Crippen LogP contribution in [0.25, 0.3) is 11.1 Å². The number of alkyl halides is 3. The minimum Gasteiger partial charge on any atom is -0.387 e. The highest BCUT2D eigenvalue weighted by Crippen LogP contribution is 2.42. The number of benzene rings is 2. The predicted molar refractivity (Wildman–Crippen MR) is 140 cm³/mol. The molecule has 3 N–H and O–H groups in total. The first-order valence-corrected chi connectivity index (χ1v) is 13.2. The van der Waals surface area contributed by atoms with E-state index in [9.17, 15) is 22.4 Å². The van der Waals surface area contributed by atoms with E-state index in [2.05, 4.69) is 15.4 Å². The Morgan fingerprint density at radius 3 is 2.54 bits per heavy atom. The van der Waals surface area contributed by atoms with Gasteiger partial charge in [0.15, 0.2) is 5.69 Å². The molecule has 2 saturated carbocycles. The smallest absolute Gasteiger partial charge is 0.387 e. The summed E-state index contributed by atoms with van der Waals surface area (Å²) in [6.45, 7) is 3.78. The lowest BCUT2D eigenvalue weighted by molar-refractivity contribution is -0.141. The van der Waals surface area contributed by atoms with Crippen molar-refractivity contribution in [2.45, 2.75) is 64.8 Å². The molecule has 3 aromatic rings. The summed E-state index contributed by atoms with van der Waals surface area (Å²) in [4.78, 5) is 18.0. The van der Waals surface area contributed by atoms with Crippen molar-refractivity contribution in [1.29, 1.82) is 0 Å². The van der Waals surface area contributed by atoms with Crippen molar-refractivity contribution in [2.24, 2.45) is 22.6 Å². The maximum absolute atomic E-state index is 13.9. The van der Waals surface area contributed by atoms with Crippen molar-refractivity contribution < 1.29 is 22.4 Å². The van der Waals surface area contributed by atoms with E-state index in [1.54, 1.807) is 38.1 Å². The fourth-order valence-electron chi connectivity index (χ4n) is 4.75. The topological polar surface area (TPSA) is 85.3 Å². The van der Waals surface area contributed by atoms with Gasteiger partial charge in [-0.15, -0.1) is 0 Å². The Balaban J connectivity index is 1.52. The minimum atomic E-state index is -4.67. The van der Waals surface area contributed by atoms with E-state index in [1.807, 2.05) is 0 Å². The van der Waals surface area contributed by atoms with Gasteiger partial charge in [0.2, 0.25) is 0 Å². The van der Waals surface area contributed by atoms with E-state index in [0.29, 0.717) is 17.0 Å². The molecule has 2 aliphatic carbocycles. The molecule has 206 valence electrons. The molecule has 0 unspecified atom stereocenters. The third kappa shape index (κ3) is 6.15. The Morgan fingerprint density at radius 1 is 1.18 bits per heavy atom. The Hall–Kier alpha value is -3.69. The lowest BCUT2D eigenvalue weighted by Crippen LogP contribution is -2.30. The number of halogens is 4. The van der Waals surface area contributed by atoms with Crippen molar-refractivity contribution in [3.05, 3.63) is 76.4 Å². The molecule has 39 heavy (non-hydrogen) atoms.